The normalized spacial score (nSPS) is 25.8. The molecule has 1 fully saturated rings. The van der Waals surface area contributed by atoms with Crippen LogP contribution in [0, 0.1) is 0 Å². The Morgan fingerprint density at radius 3 is 2.00 bits per heavy atom. The summed E-state index contributed by atoms with van der Waals surface area (Å²) in [6.07, 6.45) is 0. The largest absolute Gasteiger partial charge is 0.160 e. The van der Waals surface area contributed by atoms with Gasteiger partial charge in [-0.25, -0.2) is 0 Å². The van der Waals surface area contributed by atoms with Gasteiger partial charge in [-0.1, -0.05) is 12.6 Å². The molecule has 1 radical (unpaired) electrons. The first kappa shape index (κ1) is 3.88. The molecule has 0 atom stereocenters. The van der Waals surface area contributed by atoms with Gasteiger partial charge in [-0.15, -0.1) is 0 Å². The first-order chi connectivity index (χ1) is 2.39. The maximum absolute atomic E-state index is 4.85. The Morgan fingerprint density at radius 2 is 2.00 bits per heavy atom. The quantitative estimate of drug-likeness (QED) is 0.447. The second kappa shape index (κ2) is 1.43. The van der Waals surface area contributed by atoms with Crippen LogP contribution in [0.25, 0.3) is 0 Å². The summed E-state index contributed by atoms with van der Waals surface area (Å²) in [4.78, 5) is 0. The molecular formula is C3H5S2. The highest BCUT2D eigenvalue weighted by Gasteiger charge is 2.12. The molecular weight excluding hydrogens is 100 g/mol. The zero-order valence-corrected chi connectivity index (χ0v) is 4.44. The van der Waals surface area contributed by atoms with Crippen LogP contribution in [0.3, 0.4) is 0 Å². The summed E-state index contributed by atoms with van der Waals surface area (Å²) in [5, 5.41) is 0.611. The SMILES string of the molecule is [S]C1CSC1. The molecule has 1 aliphatic heterocycles. The van der Waals surface area contributed by atoms with E-state index >= 15 is 0 Å². The predicted octanol–water partition coefficient (Wildman–Crippen LogP) is 1.30. The van der Waals surface area contributed by atoms with Gasteiger partial charge in [0.05, 0.1) is 0 Å². The van der Waals surface area contributed by atoms with Gasteiger partial charge in [-0.2, -0.15) is 11.8 Å². The Bertz CT molecular complexity index is 31.9. The van der Waals surface area contributed by atoms with Crippen molar-refractivity contribution in [2.75, 3.05) is 11.5 Å². The molecule has 5 heavy (non-hydrogen) atoms. The van der Waals surface area contributed by atoms with Crippen molar-refractivity contribution in [3.05, 3.63) is 0 Å². The van der Waals surface area contributed by atoms with E-state index in [2.05, 4.69) is 0 Å². The second-order valence-electron chi connectivity index (χ2n) is 1.16. The predicted molar refractivity (Wildman–Crippen MR) is 28.7 cm³/mol. The minimum Gasteiger partial charge on any atom is -0.160 e. The molecule has 1 saturated heterocycles. The molecule has 1 heterocycles. The maximum Gasteiger partial charge on any atom is 0.0332 e. The fourth-order valence-electron chi connectivity index (χ4n) is 0.214. The standard InChI is InChI=1S/C3H5S2/c4-3-1-5-2-3/h3H,1-2H2. The average molecular weight is 105 g/mol. The van der Waals surface area contributed by atoms with E-state index < -0.39 is 0 Å². The lowest BCUT2D eigenvalue weighted by molar-refractivity contribution is 1.10. The molecule has 1 aliphatic rings. The van der Waals surface area contributed by atoms with Crippen LogP contribution in [-0.2, 0) is 0 Å². The Morgan fingerprint density at radius 1 is 1.60 bits per heavy atom. The first-order valence-corrected chi connectivity index (χ1v) is 3.26. The lowest BCUT2D eigenvalue weighted by Gasteiger charge is -2.16. The highest BCUT2D eigenvalue weighted by molar-refractivity contribution is 8.03. The van der Waals surface area contributed by atoms with E-state index in [1.165, 1.54) is 11.5 Å². The molecule has 1 rings (SSSR count). The number of thioether (sulfide) groups is 1. The van der Waals surface area contributed by atoms with Gasteiger partial charge in [0.1, 0.15) is 0 Å². The summed E-state index contributed by atoms with van der Waals surface area (Å²) < 4.78 is 0. The number of hydrogen-bond acceptors (Lipinski definition) is 1. The topological polar surface area (TPSA) is 0 Å². The molecule has 0 aromatic rings. The summed E-state index contributed by atoms with van der Waals surface area (Å²) in [5.74, 6) is 2.44. The summed E-state index contributed by atoms with van der Waals surface area (Å²) in [7, 11) is 0. The van der Waals surface area contributed by atoms with Crippen molar-refractivity contribution < 1.29 is 0 Å². The number of rotatable bonds is 0. The lowest BCUT2D eigenvalue weighted by atomic mass is 10.5. The van der Waals surface area contributed by atoms with Gasteiger partial charge < -0.3 is 0 Å². The Kier molecular flexibility index (Phi) is 1.11. The van der Waals surface area contributed by atoms with E-state index in [9.17, 15) is 0 Å². The summed E-state index contributed by atoms with van der Waals surface area (Å²) >= 11 is 6.79. The van der Waals surface area contributed by atoms with E-state index in [-0.39, 0.29) is 0 Å². The van der Waals surface area contributed by atoms with E-state index in [1.807, 2.05) is 11.8 Å². The Balaban J connectivity index is 2.08. The average Bonchev–Trinajstić information content (AvgIpc) is 1.30. The minimum absolute atomic E-state index is 0.611. The van der Waals surface area contributed by atoms with Crippen LogP contribution in [-0.4, -0.2) is 16.8 Å². The molecule has 0 nitrogen and oxygen atoms in total. The van der Waals surface area contributed by atoms with Gasteiger partial charge in [-0.3, -0.25) is 0 Å². The van der Waals surface area contributed by atoms with Crippen molar-refractivity contribution in [1.29, 1.82) is 0 Å². The molecule has 0 aliphatic carbocycles. The molecule has 2 heteroatoms. The van der Waals surface area contributed by atoms with E-state index in [4.69, 9.17) is 12.6 Å². The van der Waals surface area contributed by atoms with Gasteiger partial charge in [0, 0.05) is 16.8 Å². The molecule has 0 amide bonds. The minimum atomic E-state index is 0.611. The van der Waals surface area contributed by atoms with Gasteiger partial charge in [0.15, 0.2) is 0 Å². The van der Waals surface area contributed by atoms with Gasteiger partial charge in [-0.05, 0) is 0 Å². The van der Waals surface area contributed by atoms with Crippen LogP contribution in [0.5, 0.6) is 0 Å². The summed E-state index contributed by atoms with van der Waals surface area (Å²) in [5.41, 5.74) is 0. The third-order valence-corrected chi connectivity index (χ3v) is 2.64. The van der Waals surface area contributed by atoms with Crippen LogP contribution >= 0.6 is 24.4 Å². The monoisotopic (exact) mass is 105 g/mol. The van der Waals surface area contributed by atoms with Crippen LogP contribution in [0.4, 0.5) is 0 Å². The highest BCUT2D eigenvalue weighted by atomic mass is 32.2. The van der Waals surface area contributed by atoms with Crippen LogP contribution < -0.4 is 0 Å². The fraction of sp³-hybridized carbons (Fsp3) is 1.00. The zero-order valence-electron chi connectivity index (χ0n) is 2.81. The van der Waals surface area contributed by atoms with Crippen molar-refractivity contribution in [2.45, 2.75) is 5.25 Å². The van der Waals surface area contributed by atoms with Crippen molar-refractivity contribution >= 4 is 24.4 Å². The molecule has 0 aromatic heterocycles. The third-order valence-electron chi connectivity index (χ3n) is 0.607. The molecule has 0 saturated carbocycles. The second-order valence-corrected chi connectivity index (χ2v) is 2.90. The van der Waals surface area contributed by atoms with Crippen molar-refractivity contribution in [3.63, 3.8) is 0 Å². The molecule has 29 valence electrons. The van der Waals surface area contributed by atoms with Crippen LogP contribution in [0.15, 0.2) is 0 Å². The maximum atomic E-state index is 4.85. The van der Waals surface area contributed by atoms with Crippen molar-refractivity contribution in [1.82, 2.24) is 0 Å². The molecule has 0 spiro atoms. The Labute approximate surface area is 41.7 Å². The molecule has 0 aromatic carbocycles. The number of hydrogen-bond donors (Lipinski definition) is 0. The van der Waals surface area contributed by atoms with Crippen molar-refractivity contribution in [2.24, 2.45) is 0 Å². The van der Waals surface area contributed by atoms with E-state index in [0.29, 0.717) is 5.25 Å². The van der Waals surface area contributed by atoms with Gasteiger partial charge in [0.25, 0.3) is 0 Å². The highest BCUT2D eigenvalue weighted by Crippen LogP contribution is 2.21. The van der Waals surface area contributed by atoms with Gasteiger partial charge >= 0.3 is 0 Å². The smallest absolute Gasteiger partial charge is 0.0332 e. The first-order valence-electron chi connectivity index (χ1n) is 1.63. The summed E-state index contributed by atoms with van der Waals surface area (Å²) in [6, 6.07) is 0. The molecule has 0 N–H and O–H groups in total. The third kappa shape index (κ3) is 0.763. The van der Waals surface area contributed by atoms with E-state index in [0.717, 1.165) is 0 Å². The van der Waals surface area contributed by atoms with Crippen molar-refractivity contribution in [3.8, 4) is 0 Å². The Hall–Kier alpha value is 0.700. The van der Waals surface area contributed by atoms with Gasteiger partial charge in [0.2, 0.25) is 0 Å². The lowest BCUT2D eigenvalue weighted by Crippen LogP contribution is -2.16. The van der Waals surface area contributed by atoms with Crippen LogP contribution in [0.1, 0.15) is 0 Å². The fourth-order valence-corrected chi connectivity index (χ4v) is 1.22. The van der Waals surface area contributed by atoms with Crippen LogP contribution in [0.2, 0.25) is 0 Å². The molecule has 0 unspecified atom stereocenters. The zero-order chi connectivity index (χ0) is 3.70. The molecule has 0 bridgehead atoms. The van der Waals surface area contributed by atoms with E-state index in [1.54, 1.807) is 0 Å². The summed E-state index contributed by atoms with van der Waals surface area (Å²) in [6.45, 7) is 0.